The van der Waals surface area contributed by atoms with Gasteiger partial charge < -0.3 is 9.84 Å². The maximum absolute atomic E-state index is 10.1. The van der Waals surface area contributed by atoms with Gasteiger partial charge in [0.1, 0.15) is 12.4 Å². The minimum Gasteiger partial charge on any atom is -0.490 e. The number of aliphatic hydroxyl groups is 1. The lowest BCUT2D eigenvalue weighted by atomic mass is 10.0. The molecule has 112 valence electrons. The van der Waals surface area contributed by atoms with Crippen molar-refractivity contribution in [3.63, 3.8) is 0 Å². The number of hydrogen-bond acceptors (Lipinski definition) is 2. The molecule has 1 saturated carbocycles. The molecule has 2 nitrogen and oxygen atoms in total. The van der Waals surface area contributed by atoms with E-state index in [1.165, 1.54) is 31.1 Å². The monoisotopic (exact) mass is 348 g/mol. The molecule has 0 spiro atoms. The zero-order valence-corrected chi connectivity index (χ0v) is 13.7. The molecule has 1 fully saturated rings. The summed E-state index contributed by atoms with van der Waals surface area (Å²) >= 11 is 3.61. The van der Waals surface area contributed by atoms with Gasteiger partial charge in [0.25, 0.3) is 0 Å². The first-order valence-corrected chi connectivity index (χ1v) is 8.51. The molecule has 0 aliphatic heterocycles. The number of rotatable bonds is 5. The quantitative estimate of drug-likeness (QED) is 0.830. The van der Waals surface area contributed by atoms with Crippen LogP contribution in [-0.2, 0) is 0 Å². The second-order valence-electron chi connectivity index (χ2n) is 5.95. The third-order valence-electron chi connectivity index (χ3n) is 4.34. The Morgan fingerprint density at radius 3 is 2.71 bits per heavy atom. The van der Waals surface area contributed by atoms with Crippen molar-refractivity contribution in [1.82, 2.24) is 0 Å². The van der Waals surface area contributed by atoms with Crippen LogP contribution in [0.5, 0.6) is 5.75 Å². The second kappa shape index (κ2) is 6.80. The van der Waals surface area contributed by atoms with Gasteiger partial charge in [0, 0.05) is 0 Å². The fourth-order valence-electron chi connectivity index (χ4n) is 3.21. The Balaban J connectivity index is 1.63. The zero-order valence-electron chi connectivity index (χ0n) is 12.1. The van der Waals surface area contributed by atoms with E-state index in [2.05, 4.69) is 34.1 Å². The average Bonchev–Trinajstić information content (AvgIpc) is 3.00. The fourth-order valence-corrected chi connectivity index (χ4v) is 3.82. The minimum atomic E-state index is -0.369. The topological polar surface area (TPSA) is 29.5 Å². The van der Waals surface area contributed by atoms with Crippen molar-refractivity contribution in [1.29, 1.82) is 0 Å². The highest BCUT2D eigenvalue weighted by atomic mass is 79.9. The third-order valence-corrected chi connectivity index (χ3v) is 5.16. The Labute approximate surface area is 134 Å². The maximum Gasteiger partial charge on any atom is 0.134 e. The first-order valence-electron chi connectivity index (χ1n) is 7.72. The smallest absolute Gasteiger partial charge is 0.134 e. The largest absolute Gasteiger partial charge is 0.490 e. The average molecular weight is 349 g/mol. The van der Waals surface area contributed by atoms with Crippen LogP contribution in [0.3, 0.4) is 0 Å². The summed E-state index contributed by atoms with van der Waals surface area (Å²) < 4.78 is 6.79. The van der Waals surface area contributed by atoms with E-state index in [4.69, 9.17) is 4.74 Å². The minimum absolute atomic E-state index is 0.368. The molecule has 1 aliphatic rings. The van der Waals surface area contributed by atoms with Crippen LogP contribution in [-0.4, -0.2) is 17.8 Å². The summed E-state index contributed by atoms with van der Waals surface area (Å²) in [5.74, 6) is 1.49. The molecule has 3 rings (SSSR count). The van der Waals surface area contributed by atoms with Crippen LogP contribution < -0.4 is 4.74 Å². The van der Waals surface area contributed by atoms with Crippen molar-refractivity contribution < 1.29 is 9.84 Å². The first kappa shape index (κ1) is 14.9. The first-order chi connectivity index (χ1) is 10.2. The van der Waals surface area contributed by atoms with Gasteiger partial charge in [-0.05, 0) is 45.1 Å². The molecule has 0 saturated heterocycles. The van der Waals surface area contributed by atoms with Crippen molar-refractivity contribution in [3.05, 3.63) is 40.9 Å². The summed E-state index contributed by atoms with van der Waals surface area (Å²) in [6, 6.07) is 12.2. The van der Waals surface area contributed by atoms with Crippen molar-refractivity contribution in [3.8, 4) is 5.75 Å². The number of halogens is 1. The van der Waals surface area contributed by atoms with Crippen molar-refractivity contribution in [2.45, 2.75) is 38.2 Å². The van der Waals surface area contributed by atoms with Gasteiger partial charge in [-0.3, -0.25) is 0 Å². The van der Waals surface area contributed by atoms with Crippen LogP contribution in [0.2, 0.25) is 0 Å². The van der Waals surface area contributed by atoms with E-state index in [1.807, 2.05) is 18.2 Å². The van der Waals surface area contributed by atoms with Crippen LogP contribution in [0.15, 0.2) is 40.9 Å². The lowest BCUT2D eigenvalue weighted by molar-refractivity contribution is 0.0853. The van der Waals surface area contributed by atoms with Gasteiger partial charge in [-0.25, -0.2) is 0 Å². The van der Waals surface area contributed by atoms with Crippen LogP contribution in [0.25, 0.3) is 10.8 Å². The van der Waals surface area contributed by atoms with Crippen LogP contribution in [0.4, 0.5) is 0 Å². The molecular weight excluding hydrogens is 328 g/mol. The Hall–Kier alpha value is -1.06. The van der Waals surface area contributed by atoms with Gasteiger partial charge in [0.05, 0.1) is 10.6 Å². The van der Waals surface area contributed by atoms with Crippen LogP contribution in [0.1, 0.15) is 32.1 Å². The number of benzene rings is 2. The maximum atomic E-state index is 10.1. The highest BCUT2D eigenvalue weighted by Crippen LogP contribution is 2.33. The molecule has 2 aromatic rings. The number of aliphatic hydroxyl groups excluding tert-OH is 1. The standard InChI is InChI=1S/C18H21BrO2/c19-18-16-8-4-3-7-14(16)9-10-17(18)21-12-15(20)11-13-5-1-2-6-13/h3-4,7-10,13,15,20H,1-2,5-6,11-12H2. The van der Waals surface area contributed by atoms with Gasteiger partial charge >= 0.3 is 0 Å². The zero-order chi connectivity index (χ0) is 14.7. The molecule has 1 unspecified atom stereocenters. The lowest BCUT2D eigenvalue weighted by Crippen LogP contribution is -2.20. The van der Waals surface area contributed by atoms with E-state index in [0.29, 0.717) is 12.5 Å². The number of fused-ring (bicyclic) bond motifs is 1. The number of hydrogen-bond donors (Lipinski definition) is 1. The molecular formula is C18H21BrO2. The predicted octanol–water partition coefficient (Wildman–Crippen LogP) is 4.92. The molecule has 0 aromatic heterocycles. The van der Waals surface area contributed by atoms with Crippen molar-refractivity contribution in [2.75, 3.05) is 6.61 Å². The Morgan fingerprint density at radius 2 is 1.90 bits per heavy atom. The Bertz CT molecular complexity index is 605. The van der Waals surface area contributed by atoms with E-state index >= 15 is 0 Å². The number of ether oxygens (including phenoxy) is 1. The summed E-state index contributed by atoms with van der Waals surface area (Å²) in [5.41, 5.74) is 0. The Morgan fingerprint density at radius 1 is 1.14 bits per heavy atom. The summed E-state index contributed by atoms with van der Waals surface area (Å²) in [7, 11) is 0. The summed E-state index contributed by atoms with van der Waals surface area (Å²) in [6.07, 6.45) is 5.65. The van der Waals surface area contributed by atoms with Gasteiger partial charge in [0.15, 0.2) is 0 Å². The van der Waals surface area contributed by atoms with Gasteiger partial charge in [-0.15, -0.1) is 0 Å². The predicted molar refractivity (Wildman–Crippen MR) is 89.7 cm³/mol. The molecule has 1 atom stereocenters. The second-order valence-corrected chi connectivity index (χ2v) is 6.74. The molecule has 2 aromatic carbocycles. The van der Waals surface area contributed by atoms with E-state index < -0.39 is 0 Å². The molecule has 21 heavy (non-hydrogen) atoms. The Kier molecular flexibility index (Phi) is 4.81. The third kappa shape index (κ3) is 3.58. The van der Waals surface area contributed by atoms with E-state index in [0.717, 1.165) is 22.0 Å². The summed E-state index contributed by atoms with van der Waals surface area (Å²) in [4.78, 5) is 0. The molecule has 0 radical (unpaired) electrons. The van der Waals surface area contributed by atoms with E-state index in [9.17, 15) is 5.11 Å². The molecule has 1 N–H and O–H groups in total. The van der Waals surface area contributed by atoms with Crippen LogP contribution in [0, 0.1) is 5.92 Å². The molecule has 0 amide bonds. The van der Waals surface area contributed by atoms with Crippen molar-refractivity contribution >= 4 is 26.7 Å². The molecule has 0 bridgehead atoms. The fraction of sp³-hybridized carbons (Fsp3) is 0.444. The normalized spacial score (nSPS) is 17.2. The lowest BCUT2D eigenvalue weighted by Gasteiger charge is -2.17. The molecule has 1 aliphatic carbocycles. The van der Waals surface area contributed by atoms with E-state index in [-0.39, 0.29) is 6.10 Å². The highest BCUT2D eigenvalue weighted by molar-refractivity contribution is 9.10. The SMILES string of the molecule is OC(COc1ccc2ccccc2c1Br)CC1CCCC1. The van der Waals surface area contributed by atoms with Gasteiger partial charge in [-0.2, -0.15) is 0 Å². The van der Waals surface area contributed by atoms with Crippen molar-refractivity contribution in [2.24, 2.45) is 5.92 Å². The van der Waals surface area contributed by atoms with E-state index in [1.54, 1.807) is 0 Å². The highest BCUT2D eigenvalue weighted by Gasteiger charge is 2.19. The molecule has 0 heterocycles. The van der Waals surface area contributed by atoms with Crippen LogP contribution >= 0.6 is 15.9 Å². The van der Waals surface area contributed by atoms with Gasteiger partial charge in [0.2, 0.25) is 0 Å². The summed E-state index contributed by atoms with van der Waals surface area (Å²) in [5, 5.41) is 12.5. The summed E-state index contributed by atoms with van der Waals surface area (Å²) in [6.45, 7) is 0.368. The molecule has 3 heteroatoms. The van der Waals surface area contributed by atoms with Gasteiger partial charge in [-0.1, -0.05) is 56.0 Å².